The summed E-state index contributed by atoms with van der Waals surface area (Å²) < 4.78 is 24.8. The van der Waals surface area contributed by atoms with Crippen molar-refractivity contribution in [3.8, 4) is 0 Å². The zero-order valence-electron chi connectivity index (χ0n) is 21.7. The third kappa shape index (κ3) is 3.50. The van der Waals surface area contributed by atoms with Gasteiger partial charge in [0.2, 0.25) is 0 Å². The molecule has 1 saturated heterocycles. The quantitative estimate of drug-likeness (QED) is 0.418. The molecule has 0 aromatic rings. The molecule has 8 heteroatoms. The standard InChI is InChI=1S/C29H38O8/c1-16(2)23(30)37-28-9-18-3-19(10-28)8-27(7-18,15-28)25(33)34-13-22-14-35-29(36-22)20-4-17-5-21(29)12-26(6-17,11-20)24(31)32/h17-22H,1,3-15H2,2H3,(H,31,32). The average molecular weight is 515 g/mol. The molecule has 9 rings (SSSR count). The maximum atomic E-state index is 13.6. The third-order valence-corrected chi connectivity index (χ3v) is 11.1. The first kappa shape index (κ1) is 24.1. The van der Waals surface area contributed by atoms with Crippen LogP contribution in [0.2, 0.25) is 0 Å². The molecule has 1 N–H and O–H groups in total. The minimum atomic E-state index is -0.728. The second kappa shape index (κ2) is 7.81. The first-order chi connectivity index (χ1) is 17.5. The monoisotopic (exact) mass is 514 g/mol. The molecule has 9 fully saturated rings. The van der Waals surface area contributed by atoms with Crippen LogP contribution < -0.4 is 0 Å². The summed E-state index contributed by atoms with van der Waals surface area (Å²) >= 11 is 0. The van der Waals surface area contributed by atoms with Crippen LogP contribution in [0.5, 0.6) is 0 Å². The van der Waals surface area contributed by atoms with Gasteiger partial charge in [0, 0.05) is 23.8 Å². The van der Waals surface area contributed by atoms with E-state index >= 15 is 0 Å². The Hall–Kier alpha value is -1.93. The van der Waals surface area contributed by atoms with Crippen molar-refractivity contribution in [3.05, 3.63) is 12.2 Å². The van der Waals surface area contributed by atoms with Crippen LogP contribution >= 0.6 is 0 Å². The highest BCUT2D eigenvalue weighted by atomic mass is 16.8. The van der Waals surface area contributed by atoms with Gasteiger partial charge in [-0.25, -0.2) is 4.79 Å². The van der Waals surface area contributed by atoms with Gasteiger partial charge in [0.05, 0.1) is 17.4 Å². The van der Waals surface area contributed by atoms with E-state index in [-0.39, 0.29) is 36.5 Å². The largest absolute Gasteiger partial charge is 0.481 e. The zero-order valence-corrected chi connectivity index (χ0v) is 21.7. The molecule has 1 aliphatic heterocycles. The van der Waals surface area contributed by atoms with Crippen molar-refractivity contribution in [1.29, 1.82) is 0 Å². The Labute approximate surface area is 217 Å². The lowest BCUT2D eigenvalue weighted by Gasteiger charge is -2.61. The van der Waals surface area contributed by atoms with Crippen LogP contribution in [0.3, 0.4) is 0 Å². The fraction of sp³-hybridized carbons (Fsp3) is 0.828. The van der Waals surface area contributed by atoms with Gasteiger partial charge in [0.15, 0.2) is 5.79 Å². The predicted octanol–water partition coefficient (Wildman–Crippen LogP) is 4.01. The summed E-state index contributed by atoms with van der Waals surface area (Å²) in [6.45, 7) is 5.90. The molecule has 8 bridgehead atoms. The Kier molecular flexibility index (Phi) is 5.09. The molecular weight excluding hydrogens is 476 g/mol. The number of hydrogen-bond donors (Lipinski definition) is 1. The number of carbonyl (C=O) groups excluding carboxylic acids is 2. The third-order valence-electron chi connectivity index (χ3n) is 11.1. The van der Waals surface area contributed by atoms with Crippen LogP contribution in [0, 0.1) is 40.4 Å². The van der Waals surface area contributed by atoms with Crippen LogP contribution in [0.25, 0.3) is 0 Å². The Bertz CT molecular complexity index is 1030. The summed E-state index contributed by atoms with van der Waals surface area (Å²) in [5.41, 5.74) is -1.43. The van der Waals surface area contributed by atoms with Crippen LogP contribution in [0.1, 0.15) is 77.6 Å². The summed E-state index contributed by atoms with van der Waals surface area (Å²) in [5, 5.41) is 9.95. The number of ether oxygens (including phenoxy) is 4. The Morgan fingerprint density at radius 2 is 1.57 bits per heavy atom. The molecule has 202 valence electrons. The maximum absolute atomic E-state index is 13.6. The molecule has 8 saturated carbocycles. The number of hydrogen-bond acceptors (Lipinski definition) is 7. The molecule has 5 atom stereocenters. The molecule has 8 nitrogen and oxygen atoms in total. The van der Waals surface area contributed by atoms with Crippen molar-refractivity contribution in [1.82, 2.24) is 0 Å². The van der Waals surface area contributed by atoms with Gasteiger partial charge < -0.3 is 24.1 Å². The molecule has 9 aliphatic rings. The van der Waals surface area contributed by atoms with Gasteiger partial charge in [0.1, 0.15) is 18.3 Å². The van der Waals surface area contributed by atoms with Crippen molar-refractivity contribution in [2.24, 2.45) is 40.4 Å². The minimum absolute atomic E-state index is 0.0848. The van der Waals surface area contributed by atoms with Gasteiger partial charge in [0.25, 0.3) is 0 Å². The van der Waals surface area contributed by atoms with Crippen LogP contribution in [-0.2, 0) is 33.3 Å². The lowest BCUT2D eigenvalue weighted by molar-refractivity contribution is -0.307. The molecule has 5 unspecified atom stereocenters. The first-order valence-electron chi connectivity index (χ1n) is 14.2. The number of rotatable bonds is 6. The number of aliphatic carboxylic acids is 1. The van der Waals surface area contributed by atoms with Crippen molar-refractivity contribution < 1.29 is 38.4 Å². The van der Waals surface area contributed by atoms with E-state index in [2.05, 4.69) is 6.58 Å². The highest BCUT2D eigenvalue weighted by molar-refractivity contribution is 5.87. The van der Waals surface area contributed by atoms with Crippen LogP contribution in [0.15, 0.2) is 12.2 Å². The normalized spacial score (nSPS) is 50.4. The molecule has 0 amide bonds. The van der Waals surface area contributed by atoms with Crippen molar-refractivity contribution in [2.75, 3.05) is 13.2 Å². The second-order valence-corrected chi connectivity index (χ2v) is 13.9. The lowest BCUT2D eigenvalue weighted by Crippen LogP contribution is -2.63. The highest BCUT2D eigenvalue weighted by Gasteiger charge is 2.68. The van der Waals surface area contributed by atoms with E-state index in [0.717, 1.165) is 51.4 Å². The van der Waals surface area contributed by atoms with E-state index in [4.69, 9.17) is 18.9 Å². The van der Waals surface area contributed by atoms with Gasteiger partial charge >= 0.3 is 17.9 Å². The number of carbonyl (C=O) groups is 3. The molecule has 1 heterocycles. The fourth-order valence-electron chi connectivity index (χ4n) is 10.4. The van der Waals surface area contributed by atoms with Gasteiger partial charge in [-0.05, 0) is 88.9 Å². The Morgan fingerprint density at radius 1 is 0.919 bits per heavy atom. The maximum Gasteiger partial charge on any atom is 0.333 e. The topological polar surface area (TPSA) is 108 Å². The van der Waals surface area contributed by atoms with Crippen molar-refractivity contribution in [3.63, 3.8) is 0 Å². The van der Waals surface area contributed by atoms with E-state index in [1.54, 1.807) is 6.92 Å². The summed E-state index contributed by atoms with van der Waals surface area (Å²) in [4.78, 5) is 38.1. The SMILES string of the molecule is C=C(C)C(=O)OC12CC3CC(C1)CC(C(=O)OCC1COC4(O1)C1CC5CC4CC(C(=O)O)(C5)C1)(C3)C2. The smallest absolute Gasteiger partial charge is 0.333 e. The van der Waals surface area contributed by atoms with Crippen LogP contribution in [0.4, 0.5) is 0 Å². The zero-order chi connectivity index (χ0) is 25.8. The molecule has 1 spiro atoms. The molecule has 0 radical (unpaired) electrons. The molecule has 37 heavy (non-hydrogen) atoms. The summed E-state index contributed by atoms with van der Waals surface area (Å²) in [6.07, 6.45) is 8.41. The molecule has 0 aromatic carbocycles. The number of carboxylic acids is 1. The van der Waals surface area contributed by atoms with Crippen molar-refractivity contribution in [2.45, 2.75) is 95.0 Å². The van der Waals surface area contributed by atoms with Crippen molar-refractivity contribution >= 4 is 17.9 Å². The minimum Gasteiger partial charge on any atom is -0.481 e. The lowest BCUT2D eigenvalue weighted by atomic mass is 9.47. The summed E-state index contributed by atoms with van der Waals surface area (Å²) in [6, 6.07) is 0. The van der Waals surface area contributed by atoms with E-state index in [1.165, 1.54) is 0 Å². The molecule has 0 aromatic heterocycles. The summed E-state index contributed by atoms with van der Waals surface area (Å²) in [7, 11) is 0. The van der Waals surface area contributed by atoms with E-state index < -0.39 is 28.2 Å². The van der Waals surface area contributed by atoms with Gasteiger partial charge in [-0.3, -0.25) is 9.59 Å². The van der Waals surface area contributed by atoms with Gasteiger partial charge in [-0.2, -0.15) is 0 Å². The average Bonchev–Trinajstić information content (AvgIpc) is 3.24. The summed E-state index contributed by atoms with van der Waals surface area (Å²) in [5.74, 6) is -0.619. The van der Waals surface area contributed by atoms with E-state index in [0.29, 0.717) is 49.2 Å². The van der Waals surface area contributed by atoms with Gasteiger partial charge in [-0.1, -0.05) is 6.58 Å². The Balaban J connectivity index is 1.02. The first-order valence-corrected chi connectivity index (χ1v) is 14.2. The fourth-order valence-corrected chi connectivity index (χ4v) is 10.4. The van der Waals surface area contributed by atoms with Gasteiger partial charge in [-0.15, -0.1) is 0 Å². The molecular formula is C29H38O8. The van der Waals surface area contributed by atoms with E-state index in [9.17, 15) is 19.5 Å². The highest BCUT2D eigenvalue weighted by Crippen LogP contribution is 2.66. The number of carboxylic acid groups (broad SMARTS) is 1. The van der Waals surface area contributed by atoms with E-state index in [1.807, 2.05) is 0 Å². The predicted molar refractivity (Wildman–Crippen MR) is 129 cm³/mol. The van der Waals surface area contributed by atoms with Crippen LogP contribution in [-0.4, -0.2) is 53.7 Å². The molecule has 8 aliphatic carbocycles. The number of esters is 2. The Morgan fingerprint density at radius 3 is 2.19 bits per heavy atom. The second-order valence-electron chi connectivity index (χ2n) is 13.9.